The Bertz CT molecular complexity index is 714. The van der Waals surface area contributed by atoms with E-state index in [0.29, 0.717) is 5.92 Å². The van der Waals surface area contributed by atoms with Crippen LogP contribution in [0.5, 0.6) is 0 Å². The van der Waals surface area contributed by atoms with Crippen molar-refractivity contribution in [2.75, 3.05) is 25.4 Å². The van der Waals surface area contributed by atoms with E-state index in [1.54, 1.807) is 30.1 Å². The minimum absolute atomic E-state index is 0.0955. The topological polar surface area (TPSA) is 31.9 Å². The lowest BCUT2D eigenvalue weighted by atomic mass is 9.94. The van der Waals surface area contributed by atoms with E-state index >= 15 is 0 Å². The van der Waals surface area contributed by atoms with Crippen LogP contribution in [0, 0.1) is 5.92 Å². The number of hydrogen-bond donors (Lipinski definition) is 1. The van der Waals surface area contributed by atoms with Crippen molar-refractivity contribution < 1.29 is 13.2 Å². The Labute approximate surface area is 149 Å². The van der Waals surface area contributed by atoms with Crippen LogP contribution < -0.4 is 0 Å². The number of aromatic nitrogens is 2. The number of rotatable bonds is 6. The molecule has 0 unspecified atom stereocenters. The van der Waals surface area contributed by atoms with Crippen molar-refractivity contribution in [2.24, 2.45) is 5.92 Å². The van der Waals surface area contributed by atoms with Gasteiger partial charge in [0.2, 0.25) is 0 Å². The van der Waals surface area contributed by atoms with E-state index in [2.05, 4.69) is 14.9 Å². The minimum Gasteiger partial charge on any atom is -0.340 e. The summed E-state index contributed by atoms with van der Waals surface area (Å²) in [4.78, 5) is 9.73. The molecule has 2 aromatic rings. The van der Waals surface area contributed by atoms with Gasteiger partial charge in [0.15, 0.2) is 5.16 Å². The third-order valence-electron chi connectivity index (χ3n) is 5.33. The normalized spacial score (nSPS) is 26.0. The van der Waals surface area contributed by atoms with E-state index in [-0.39, 0.29) is 5.41 Å². The number of nitrogens with zero attached hydrogens (tertiary/aromatic N) is 2. The standard InChI is InChI=1S/C18H20F3N3S/c19-18(20,21)14-4-2-13(3-5-14)17-10-15(17)11-24(12-17)8-1-9-25-16-22-6-7-23-16/h2-7,15H,1,8-12H2,(H,22,23)/t15-,17+/m0/s1. The molecular formula is C18H20F3N3S. The monoisotopic (exact) mass is 367 g/mol. The molecule has 1 aliphatic carbocycles. The van der Waals surface area contributed by atoms with Gasteiger partial charge in [0.05, 0.1) is 5.56 Å². The Hall–Kier alpha value is -1.47. The highest BCUT2D eigenvalue weighted by molar-refractivity contribution is 7.99. The summed E-state index contributed by atoms with van der Waals surface area (Å²) in [5, 5.41) is 0.950. The van der Waals surface area contributed by atoms with Gasteiger partial charge in [-0.25, -0.2) is 4.98 Å². The van der Waals surface area contributed by atoms with Gasteiger partial charge in [-0.05, 0) is 43.0 Å². The molecular weight excluding hydrogens is 347 g/mol. The number of halogens is 3. The fraction of sp³-hybridized carbons (Fsp3) is 0.500. The lowest BCUT2D eigenvalue weighted by Crippen LogP contribution is -2.28. The van der Waals surface area contributed by atoms with Crippen LogP contribution in [0.15, 0.2) is 41.8 Å². The smallest absolute Gasteiger partial charge is 0.340 e. The quantitative estimate of drug-likeness (QED) is 0.614. The molecule has 1 aromatic carbocycles. The van der Waals surface area contributed by atoms with Gasteiger partial charge in [0, 0.05) is 36.7 Å². The molecule has 134 valence electrons. The first-order chi connectivity index (χ1) is 12.0. The molecule has 0 radical (unpaired) electrons. The van der Waals surface area contributed by atoms with Crippen LogP contribution in [0.3, 0.4) is 0 Å². The summed E-state index contributed by atoms with van der Waals surface area (Å²) in [5.41, 5.74) is 0.603. The van der Waals surface area contributed by atoms with Crippen LogP contribution >= 0.6 is 11.8 Å². The number of benzene rings is 1. The minimum atomic E-state index is -4.26. The van der Waals surface area contributed by atoms with E-state index in [4.69, 9.17) is 0 Å². The molecule has 7 heteroatoms. The molecule has 25 heavy (non-hydrogen) atoms. The average molecular weight is 367 g/mol. The number of aromatic amines is 1. The van der Waals surface area contributed by atoms with Crippen LogP contribution in [0.2, 0.25) is 0 Å². The molecule has 1 aliphatic heterocycles. The van der Waals surface area contributed by atoms with Crippen LogP contribution in [0.1, 0.15) is 24.0 Å². The van der Waals surface area contributed by atoms with Crippen LogP contribution in [0.4, 0.5) is 13.2 Å². The largest absolute Gasteiger partial charge is 0.416 e. The first-order valence-electron chi connectivity index (χ1n) is 8.50. The average Bonchev–Trinajstić information content (AvgIpc) is 2.96. The zero-order chi connectivity index (χ0) is 17.5. The predicted molar refractivity (Wildman–Crippen MR) is 91.6 cm³/mol. The summed E-state index contributed by atoms with van der Waals surface area (Å²) in [6.07, 6.45) is 1.51. The van der Waals surface area contributed by atoms with Gasteiger partial charge in [0.1, 0.15) is 0 Å². The van der Waals surface area contributed by atoms with E-state index in [1.165, 1.54) is 12.1 Å². The van der Waals surface area contributed by atoms with Crippen LogP contribution in [-0.4, -0.2) is 40.3 Å². The number of imidazole rings is 1. The van der Waals surface area contributed by atoms with Crippen molar-refractivity contribution in [1.29, 1.82) is 0 Å². The molecule has 2 heterocycles. The zero-order valence-electron chi connectivity index (χ0n) is 13.7. The molecule has 1 N–H and O–H groups in total. The highest BCUT2D eigenvalue weighted by atomic mass is 32.2. The Morgan fingerprint density at radius 2 is 2.08 bits per heavy atom. The Morgan fingerprint density at radius 3 is 2.76 bits per heavy atom. The molecule has 0 bridgehead atoms. The fourth-order valence-electron chi connectivity index (χ4n) is 3.98. The molecule has 4 rings (SSSR count). The lowest BCUT2D eigenvalue weighted by molar-refractivity contribution is -0.137. The maximum atomic E-state index is 12.7. The Morgan fingerprint density at radius 1 is 1.28 bits per heavy atom. The van der Waals surface area contributed by atoms with Crippen molar-refractivity contribution in [3.8, 4) is 0 Å². The fourth-order valence-corrected chi connectivity index (χ4v) is 4.74. The van der Waals surface area contributed by atoms with Crippen molar-refractivity contribution >= 4 is 11.8 Å². The van der Waals surface area contributed by atoms with Gasteiger partial charge in [-0.1, -0.05) is 23.9 Å². The molecule has 1 saturated carbocycles. The molecule has 2 aliphatic rings. The SMILES string of the molecule is FC(F)(F)c1ccc([C@]23C[C@H]2CN(CCCSc2ncc[nH]2)C3)cc1. The molecule has 0 amide bonds. The van der Waals surface area contributed by atoms with Crippen molar-refractivity contribution in [2.45, 2.75) is 29.6 Å². The summed E-state index contributed by atoms with van der Waals surface area (Å²) in [5.74, 6) is 1.61. The second-order valence-electron chi connectivity index (χ2n) is 6.96. The first-order valence-corrected chi connectivity index (χ1v) is 9.48. The van der Waals surface area contributed by atoms with Crippen molar-refractivity contribution in [3.63, 3.8) is 0 Å². The molecule has 2 atom stereocenters. The van der Waals surface area contributed by atoms with Gasteiger partial charge in [-0.3, -0.25) is 0 Å². The summed E-state index contributed by atoms with van der Waals surface area (Å²) in [6, 6.07) is 5.81. The Balaban J connectivity index is 1.30. The van der Waals surface area contributed by atoms with E-state index in [0.717, 1.165) is 48.9 Å². The van der Waals surface area contributed by atoms with E-state index in [1.807, 2.05) is 6.20 Å². The van der Waals surface area contributed by atoms with Gasteiger partial charge in [-0.15, -0.1) is 0 Å². The second-order valence-corrected chi connectivity index (χ2v) is 8.05. The van der Waals surface area contributed by atoms with Gasteiger partial charge >= 0.3 is 6.18 Å². The lowest BCUT2D eigenvalue weighted by Gasteiger charge is -2.21. The second kappa shape index (κ2) is 6.36. The number of hydrogen-bond acceptors (Lipinski definition) is 3. The number of nitrogens with one attached hydrogen (secondary N) is 1. The maximum absolute atomic E-state index is 12.7. The number of alkyl halides is 3. The zero-order valence-corrected chi connectivity index (χ0v) is 14.5. The van der Waals surface area contributed by atoms with Gasteiger partial charge in [-0.2, -0.15) is 13.2 Å². The summed E-state index contributed by atoms with van der Waals surface area (Å²) >= 11 is 1.72. The first kappa shape index (κ1) is 17.0. The number of H-pyrrole nitrogens is 1. The molecule has 0 spiro atoms. The highest BCUT2D eigenvalue weighted by Gasteiger charge is 2.60. The molecule has 2 fully saturated rings. The summed E-state index contributed by atoms with van der Waals surface area (Å²) in [6.45, 7) is 3.06. The molecule has 3 nitrogen and oxygen atoms in total. The highest BCUT2D eigenvalue weighted by Crippen LogP contribution is 2.59. The molecule has 1 aromatic heterocycles. The van der Waals surface area contributed by atoms with Crippen molar-refractivity contribution in [3.05, 3.63) is 47.8 Å². The number of thioether (sulfide) groups is 1. The summed E-state index contributed by atoms with van der Waals surface area (Å²) < 4.78 is 38.2. The maximum Gasteiger partial charge on any atom is 0.416 e. The van der Waals surface area contributed by atoms with Crippen LogP contribution in [0.25, 0.3) is 0 Å². The third kappa shape index (κ3) is 3.44. The molecule has 1 saturated heterocycles. The summed E-state index contributed by atoms with van der Waals surface area (Å²) in [7, 11) is 0. The van der Waals surface area contributed by atoms with Gasteiger partial charge < -0.3 is 9.88 Å². The number of piperidine rings is 1. The number of likely N-dealkylation sites (tertiary alicyclic amines) is 1. The van der Waals surface area contributed by atoms with Gasteiger partial charge in [0.25, 0.3) is 0 Å². The Kier molecular flexibility index (Phi) is 4.32. The van der Waals surface area contributed by atoms with E-state index < -0.39 is 11.7 Å². The third-order valence-corrected chi connectivity index (χ3v) is 6.32. The van der Waals surface area contributed by atoms with Crippen LogP contribution in [-0.2, 0) is 11.6 Å². The predicted octanol–water partition coefficient (Wildman–Crippen LogP) is 4.18. The van der Waals surface area contributed by atoms with Crippen molar-refractivity contribution in [1.82, 2.24) is 14.9 Å². The van der Waals surface area contributed by atoms with E-state index in [9.17, 15) is 13.2 Å². The number of fused-ring (bicyclic) bond motifs is 1.